The first-order valence-electron chi connectivity index (χ1n) is 4.59. The van der Waals surface area contributed by atoms with Crippen LogP contribution in [0.3, 0.4) is 0 Å². The second-order valence-electron chi connectivity index (χ2n) is 3.28. The van der Waals surface area contributed by atoms with Gasteiger partial charge in [0.05, 0.1) is 0 Å². The highest BCUT2D eigenvalue weighted by Gasteiger charge is 2.53. The van der Waals surface area contributed by atoms with Crippen LogP contribution in [-0.2, 0) is 14.4 Å². The molecule has 6 nitrogen and oxygen atoms in total. The first-order chi connectivity index (χ1) is 6.89. The highest BCUT2D eigenvalue weighted by Crippen LogP contribution is 2.26. The molecule has 0 saturated heterocycles. The van der Waals surface area contributed by atoms with Gasteiger partial charge in [0.1, 0.15) is 0 Å². The molecule has 0 saturated carbocycles. The van der Waals surface area contributed by atoms with Gasteiger partial charge in [-0.2, -0.15) is 0 Å². The van der Waals surface area contributed by atoms with Gasteiger partial charge in [0.2, 0.25) is 0 Å². The van der Waals surface area contributed by atoms with Gasteiger partial charge in [-0.1, -0.05) is 26.2 Å². The van der Waals surface area contributed by atoms with Crippen molar-refractivity contribution < 1.29 is 29.7 Å². The molecule has 3 N–H and O–H groups in total. The lowest BCUT2D eigenvalue weighted by molar-refractivity contribution is -0.176. The third kappa shape index (κ3) is 3.37. The number of rotatable bonds is 7. The Morgan fingerprint density at radius 1 is 0.938 bits per heavy atom. The molecule has 0 heterocycles. The highest BCUT2D eigenvalue weighted by molar-refractivity contribution is 6.16. The number of carboxylic acids is 3. The summed E-state index contributed by atoms with van der Waals surface area (Å²) in [6.07, 6.45) is 1.24. The molecule has 0 rings (SSSR count). The van der Waals surface area contributed by atoms with E-state index in [9.17, 15) is 14.4 Å². The zero-order valence-electron chi connectivity index (χ0n) is 8.80. The summed E-state index contributed by atoms with van der Waals surface area (Å²) >= 11 is 0. The average molecular weight is 255 g/mol. The van der Waals surface area contributed by atoms with Crippen molar-refractivity contribution in [2.24, 2.45) is 5.41 Å². The Kier molecular flexibility index (Phi) is 7.54. The highest BCUT2D eigenvalue weighted by atomic mass is 35.5. The van der Waals surface area contributed by atoms with Gasteiger partial charge in [-0.3, -0.25) is 14.4 Å². The van der Waals surface area contributed by atoms with Gasteiger partial charge in [-0.25, -0.2) is 0 Å². The first kappa shape index (κ1) is 17.1. The van der Waals surface area contributed by atoms with Crippen LogP contribution in [0.15, 0.2) is 0 Å². The molecule has 94 valence electrons. The van der Waals surface area contributed by atoms with Gasteiger partial charge in [0.25, 0.3) is 5.41 Å². The van der Waals surface area contributed by atoms with Crippen LogP contribution in [-0.4, -0.2) is 33.2 Å². The Labute approximate surface area is 98.7 Å². The van der Waals surface area contributed by atoms with Gasteiger partial charge < -0.3 is 15.3 Å². The molecule has 0 aliphatic rings. The minimum Gasteiger partial charge on any atom is -0.480 e. The SMILES string of the molecule is CCCCCC(C(=O)O)(C(=O)O)C(=O)O.Cl. The molecule has 7 heteroatoms. The number of hydrogen-bond donors (Lipinski definition) is 3. The van der Waals surface area contributed by atoms with E-state index in [0.717, 1.165) is 6.42 Å². The molecule has 0 aliphatic carbocycles. The minimum absolute atomic E-state index is 0. The minimum atomic E-state index is -2.70. The average Bonchev–Trinajstić information content (AvgIpc) is 2.10. The summed E-state index contributed by atoms with van der Waals surface area (Å²) in [6, 6.07) is 0. The number of hydrogen-bond acceptors (Lipinski definition) is 3. The standard InChI is InChI=1S/C9H14O6.ClH/c1-2-3-4-5-9(6(10)11,7(12)13)8(14)15;/h2-5H2,1H3,(H,10,11)(H,12,13)(H,14,15);1H. The quantitative estimate of drug-likeness (QED) is 0.465. The van der Waals surface area contributed by atoms with Crippen molar-refractivity contribution >= 4 is 30.3 Å². The molecule has 0 aromatic rings. The van der Waals surface area contributed by atoms with Crippen molar-refractivity contribution in [1.29, 1.82) is 0 Å². The van der Waals surface area contributed by atoms with E-state index >= 15 is 0 Å². The van der Waals surface area contributed by atoms with Crippen LogP contribution in [0.4, 0.5) is 0 Å². The number of halogens is 1. The maximum absolute atomic E-state index is 10.7. The fourth-order valence-electron chi connectivity index (χ4n) is 1.24. The molecular formula is C9H15ClO6. The Balaban J connectivity index is 0. The zero-order chi connectivity index (χ0) is 12.1. The number of carbonyl (C=O) groups is 3. The third-order valence-corrected chi connectivity index (χ3v) is 2.25. The lowest BCUT2D eigenvalue weighted by atomic mass is 9.82. The molecule has 0 fully saturated rings. The van der Waals surface area contributed by atoms with E-state index in [1.165, 1.54) is 0 Å². The predicted molar refractivity (Wildman–Crippen MR) is 56.7 cm³/mol. The predicted octanol–water partition coefficient (Wildman–Crippen LogP) is 1.23. The summed E-state index contributed by atoms with van der Waals surface area (Å²) in [5.74, 6) is -5.46. The molecule has 0 spiro atoms. The lowest BCUT2D eigenvalue weighted by Gasteiger charge is -2.19. The van der Waals surface area contributed by atoms with Crippen molar-refractivity contribution in [3.05, 3.63) is 0 Å². The van der Waals surface area contributed by atoms with Crippen LogP contribution in [0.1, 0.15) is 32.6 Å². The monoisotopic (exact) mass is 254 g/mol. The number of carboxylic acid groups (broad SMARTS) is 3. The topological polar surface area (TPSA) is 112 Å². The van der Waals surface area contributed by atoms with E-state index in [2.05, 4.69) is 0 Å². The van der Waals surface area contributed by atoms with Crippen LogP contribution in [0.2, 0.25) is 0 Å². The summed E-state index contributed by atoms with van der Waals surface area (Å²) in [5.41, 5.74) is -2.70. The Hall–Kier alpha value is -1.30. The van der Waals surface area contributed by atoms with Gasteiger partial charge in [0, 0.05) is 0 Å². The van der Waals surface area contributed by atoms with E-state index in [4.69, 9.17) is 15.3 Å². The van der Waals surface area contributed by atoms with Crippen molar-refractivity contribution in [2.45, 2.75) is 32.6 Å². The van der Waals surface area contributed by atoms with E-state index in [0.29, 0.717) is 6.42 Å². The maximum Gasteiger partial charge on any atom is 0.332 e. The van der Waals surface area contributed by atoms with Crippen molar-refractivity contribution in [3.63, 3.8) is 0 Å². The van der Waals surface area contributed by atoms with Crippen LogP contribution in [0.25, 0.3) is 0 Å². The molecular weight excluding hydrogens is 240 g/mol. The lowest BCUT2D eigenvalue weighted by Crippen LogP contribution is -2.46. The number of unbranched alkanes of at least 4 members (excludes halogenated alkanes) is 2. The molecule has 0 amide bonds. The normalized spacial score (nSPS) is 10.3. The zero-order valence-corrected chi connectivity index (χ0v) is 9.62. The summed E-state index contributed by atoms with van der Waals surface area (Å²) in [4.78, 5) is 32.2. The van der Waals surface area contributed by atoms with E-state index in [-0.39, 0.29) is 25.2 Å². The van der Waals surface area contributed by atoms with E-state index in [1.54, 1.807) is 0 Å². The Morgan fingerprint density at radius 2 is 1.31 bits per heavy atom. The van der Waals surface area contributed by atoms with Gasteiger partial charge >= 0.3 is 17.9 Å². The molecule has 0 unspecified atom stereocenters. The van der Waals surface area contributed by atoms with Gasteiger partial charge in [-0.05, 0) is 6.42 Å². The summed E-state index contributed by atoms with van der Waals surface area (Å²) < 4.78 is 0. The van der Waals surface area contributed by atoms with E-state index < -0.39 is 23.3 Å². The van der Waals surface area contributed by atoms with Gasteiger partial charge in [-0.15, -0.1) is 12.4 Å². The summed E-state index contributed by atoms with van der Waals surface area (Å²) in [5, 5.41) is 26.1. The molecule has 16 heavy (non-hydrogen) atoms. The van der Waals surface area contributed by atoms with Crippen LogP contribution in [0.5, 0.6) is 0 Å². The van der Waals surface area contributed by atoms with Crippen molar-refractivity contribution in [2.75, 3.05) is 0 Å². The van der Waals surface area contributed by atoms with Crippen LogP contribution < -0.4 is 0 Å². The van der Waals surface area contributed by atoms with Crippen molar-refractivity contribution in [3.8, 4) is 0 Å². The van der Waals surface area contributed by atoms with Crippen LogP contribution in [0, 0.1) is 5.41 Å². The Bertz CT molecular complexity index is 239. The largest absolute Gasteiger partial charge is 0.480 e. The van der Waals surface area contributed by atoms with Crippen LogP contribution >= 0.6 is 12.4 Å². The fourth-order valence-corrected chi connectivity index (χ4v) is 1.24. The number of aliphatic carboxylic acids is 3. The second-order valence-corrected chi connectivity index (χ2v) is 3.28. The maximum atomic E-state index is 10.7. The molecule has 0 aliphatic heterocycles. The molecule has 0 radical (unpaired) electrons. The molecule has 0 atom stereocenters. The summed E-state index contributed by atoms with van der Waals surface area (Å²) in [7, 11) is 0. The molecule has 0 aromatic heterocycles. The first-order valence-corrected chi connectivity index (χ1v) is 4.59. The second kappa shape index (κ2) is 7.05. The van der Waals surface area contributed by atoms with Gasteiger partial charge in [0.15, 0.2) is 0 Å². The Morgan fingerprint density at radius 3 is 1.56 bits per heavy atom. The molecule has 0 bridgehead atoms. The third-order valence-electron chi connectivity index (χ3n) is 2.25. The van der Waals surface area contributed by atoms with E-state index in [1.807, 2.05) is 6.92 Å². The fraction of sp³-hybridized carbons (Fsp3) is 0.667. The smallest absolute Gasteiger partial charge is 0.332 e. The summed E-state index contributed by atoms with van der Waals surface area (Å²) in [6.45, 7) is 1.85. The van der Waals surface area contributed by atoms with Crippen molar-refractivity contribution in [1.82, 2.24) is 0 Å². The molecule has 0 aromatic carbocycles.